The van der Waals surface area contributed by atoms with Crippen LogP contribution in [0.3, 0.4) is 0 Å². The zero-order valence-corrected chi connectivity index (χ0v) is 23.8. The number of imidazole rings is 1. The number of fused-ring (bicyclic) bond motifs is 1. The molecule has 1 saturated heterocycles. The van der Waals surface area contributed by atoms with Crippen molar-refractivity contribution in [3.8, 4) is 5.75 Å². The fourth-order valence-electron chi connectivity index (χ4n) is 5.24. The lowest BCUT2D eigenvalue weighted by atomic mass is 9.98. The van der Waals surface area contributed by atoms with Crippen molar-refractivity contribution in [2.24, 2.45) is 0 Å². The monoisotopic (exact) mass is 589 g/mol. The molecule has 216 valence electrons. The van der Waals surface area contributed by atoms with E-state index in [2.05, 4.69) is 0 Å². The quantitative estimate of drug-likeness (QED) is 0.230. The molecule has 1 fully saturated rings. The molecule has 4 aromatic rings. The maximum Gasteiger partial charge on any atom is 0.337 e. The van der Waals surface area contributed by atoms with Gasteiger partial charge in [-0.3, -0.25) is 4.79 Å². The number of hydrogen-bond acceptors (Lipinski definition) is 6. The summed E-state index contributed by atoms with van der Waals surface area (Å²) in [4.78, 5) is 32.1. The number of amides is 1. The number of methoxy groups -OCH3 is 1. The maximum atomic E-state index is 14.3. The molecule has 1 atom stereocenters. The van der Waals surface area contributed by atoms with Gasteiger partial charge in [-0.2, -0.15) is 0 Å². The van der Waals surface area contributed by atoms with Gasteiger partial charge in [0.05, 0.1) is 42.9 Å². The lowest BCUT2D eigenvalue weighted by Gasteiger charge is -2.29. The van der Waals surface area contributed by atoms with Gasteiger partial charge in [0.15, 0.2) is 0 Å². The highest BCUT2D eigenvalue weighted by Crippen LogP contribution is 2.32. The van der Waals surface area contributed by atoms with Crippen molar-refractivity contribution >= 4 is 40.1 Å². The summed E-state index contributed by atoms with van der Waals surface area (Å²) < 4.78 is 32.9. The summed E-state index contributed by atoms with van der Waals surface area (Å²) in [6.07, 6.45) is 3.24. The highest BCUT2D eigenvalue weighted by atomic mass is 35.5. The SMILES string of the molecule is COC(=O)c1ccc2nc(CN3CCC(c4ccccc4OCc4ccc(Cl)cc4F)=CC3=O)n(C[C@@H]3CCO3)c2c1. The Morgan fingerprint density at radius 3 is 2.74 bits per heavy atom. The average Bonchev–Trinajstić information content (AvgIpc) is 3.31. The highest BCUT2D eigenvalue weighted by Gasteiger charge is 2.26. The molecule has 42 heavy (non-hydrogen) atoms. The Labute approximate surface area is 247 Å². The van der Waals surface area contributed by atoms with Crippen LogP contribution >= 0.6 is 11.6 Å². The van der Waals surface area contributed by atoms with Gasteiger partial charge in [0, 0.05) is 35.4 Å². The van der Waals surface area contributed by atoms with Gasteiger partial charge < -0.3 is 23.7 Å². The minimum Gasteiger partial charge on any atom is -0.488 e. The molecule has 10 heteroatoms. The summed E-state index contributed by atoms with van der Waals surface area (Å²) >= 11 is 5.87. The molecule has 6 rings (SSSR count). The van der Waals surface area contributed by atoms with Crippen molar-refractivity contribution < 1.29 is 28.2 Å². The molecule has 0 N–H and O–H groups in total. The molecule has 3 heterocycles. The molecule has 0 bridgehead atoms. The average molecular weight is 590 g/mol. The van der Waals surface area contributed by atoms with E-state index in [9.17, 15) is 14.0 Å². The van der Waals surface area contributed by atoms with Crippen molar-refractivity contribution in [3.05, 3.63) is 100 Å². The Morgan fingerprint density at radius 2 is 2.00 bits per heavy atom. The number of carbonyl (C=O) groups excluding carboxylic acids is 2. The molecule has 0 radical (unpaired) electrons. The largest absolute Gasteiger partial charge is 0.488 e. The molecule has 0 unspecified atom stereocenters. The number of nitrogens with zero attached hydrogens (tertiary/aromatic N) is 3. The molecule has 8 nitrogen and oxygen atoms in total. The maximum absolute atomic E-state index is 14.3. The van der Waals surface area contributed by atoms with E-state index in [1.807, 2.05) is 28.8 Å². The predicted molar refractivity (Wildman–Crippen MR) is 156 cm³/mol. The van der Waals surface area contributed by atoms with Crippen LogP contribution in [0, 0.1) is 5.82 Å². The first-order chi connectivity index (χ1) is 20.4. The van der Waals surface area contributed by atoms with Gasteiger partial charge in [-0.05, 0) is 54.8 Å². The Hall–Kier alpha value is -4.21. The molecule has 2 aliphatic rings. The third-order valence-corrected chi connectivity index (χ3v) is 7.89. The molecular weight excluding hydrogens is 561 g/mol. The van der Waals surface area contributed by atoms with Crippen molar-refractivity contribution in [1.29, 1.82) is 0 Å². The van der Waals surface area contributed by atoms with Gasteiger partial charge in [-0.15, -0.1) is 0 Å². The third kappa shape index (κ3) is 5.75. The first-order valence-electron chi connectivity index (χ1n) is 13.7. The fraction of sp³-hybridized carbons (Fsp3) is 0.281. The van der Waals surface area contributed by atoms with E-state index in [1.54, 1.807) is 41.3 Å². The van der Waals surface area contributed by atoms with Gasteiger partial charge in [0.25, 0.3) is 0 Å². The molecule has 1 amide bonds. The molecule has 1 aromatic heterocycles. The lowest BCUT2D eigenvalue weighted by Crippen LogP contribution is -2.36. The van der Waals surface area contributed by atoms with Crippen LogP contribution < -0.4 is 4.74 Å². The van der Waals surface area contributed by atoms with Gasteiger partial charge >= 0.3 is 5.97 Å². The standard InChI is InChI=1S/C32H29ClFN3O5/c1-40-32(39)21-7-9-27-28(14-21)37(17-24-11-13-41-24)30(35-27)18-36-12-10-20(15-31(36)38)25-4-2-3-5-29(25)42-19-22-6-8-23(33)16-26(22)34/h2-9,14-16,24H,10-13,17-19H2,1H3/t24-/m0/s1. The van der Waals surface area contributed by atoms with E-state index < -0.39 is 11.8 Å². The number of ether oxygens (including phenoxy) is 3. The number of hydrogen-bond donors (Lipinski definition) is 0. The molecule has 0 saturated carbocycles. The number of carbonyl (C=O) groups is 2. The van der Waals surface area contributed by atoms with Crippen LogP contribution in [-0.2, 0) is 34.0 Å². The van der Waals surface area contributed by atoms with Crippen LogP contribution in [0.5, 0.6) is 5.75 Å². The Morgan fingerprint density at radius 1 is 1.17 bits per heavy atom. The smallest absolute Gasteiger partial charge is 0.337 e. The fourth-order valence-corrected chi connectivity index (χ4v) is 5.40. The van der Waals surface area contributed by atoms with Gasteiger partial charge in [0.2, 0.25) is 5.91 Å². The second kappa shape index (κ2) is 12.0. The number of esters is 1. The van der Waals surface area contributed by atoms with E-state index >= 15 is 0 Å². The summed E-state index contributed by atoms with van der Waals surface area (Å²) in [5.74, 6) is 0.310. The zero-order valence-electron chi connectivity index (χ0n) is 23.0. The molecular formula is C32H29ClFN3O5. The highest BCUT2D eigenvalue weighted by molar-refractivity contribution is 6.30. The summed E-state index contributed by atoms with van der Waals surface area (Å²) in [7, 11) is 1.35. The lowest BCUT2D eigenvalue weighted by molar-refractivity contribution is -0.127. The third-order valence-electron chi connectivity index (χ3n) is 7.65. The van der Waals surface area contributed by atoms with Crippen LogP contribution in [0.25, 0.3) is 16.6 Å². The first kappa shape index (κ1) is 27.9. The number of rotatable bonds is 9. The van der Waals surface area contributed by atoms with Gasteiger partial charge in [0.1, 0.15) is 24.0 Å². The van der Waals surface area contributed by atoms with E-state index in [0.717, 1.165) is 41.0 Å². The number of aromatic nitrogens is 2. The van der Waals surface area contributed by atoms with E-state index in [4.69, 9.17) is 30.8 Å². The number of halogens is 2. The van der Waals surface area contributed by atoms with Crippen molar-refractivity contribution in [2.45, 2.75) is 38.6 Å². The van der Waals surface area contributed by atoms with Crippen LogP contribution in [0.2, 0.25) is 5.02 Å². The van der Waals surface area contributed by atoms with E-state index in [-0.39, 0.29) is 18.6 Å². The van der Waals surface area contributed by atoms with Crippen molar-refractivity contribution in [2.75, 3.05) is 20.3 Å². The summed E-state index contributed by atoms with van der Waals surface area (Å²) in [6.45, 7) is 2.13. The zero-order chi connectivity index (χ0) is 29.2. The van der Waals surface area contributed by atoms with E-state index in [0.29, 0.717) is 48.0 Å². The normalized spacial score (nSPS) is 16.7. The van der Waals surface area contributed by atoms with E-state index in [1.165, 1.54) is 13.2 Å². The second-order valence-corrected chi connectivity index (χ2v) is 10.8. The molecule has 3 aromatic carbocycles. The first-order valence-corrected chi connectivity index (χ1v) is 14.1. The van der Waals surface area contributed by atoms with Crippen LogP contribution in [-0.4, -0.2) is 52.7 Å². The topological polar surface area (TPSA) is 82.9 Å². The summed E-state index contributed by atoms with van der Waals surface area (Å²) in [6, 6.07) is 17.2. The molecule has 0 spiro atoms. The van der Waals surface area contributed by atoms with Crippen molar-refractivity contribution in [1.82, 2.24) is 14.5 Å². The minimum atomic E-state index is -0.431. The van der Waals surface area contributed by atoms with Gasteiger partial charge in [-0.1, -0.05) is 35.9 Å². The number of benzene rings is 3. The van der Waals surface area contributed by atoms with Crippen LogP contribution in [0.4, 0.5) is 4.39 Å². The summed E-state index contributed by atoms with van der Waals surface area (Å²) in [5.41, 5.74) is 4.01. The van der Waals surface area contributed by atoms with Gasteiger partial charge in [-0.25, -0.2) is 14.2 Å². The number of para-hydroxylation sites is 1. The predicted octanol–water partition coefficient (Wildman–Crippen LogP) is 5.80. The van der Waals surface area contributed by atoms with Crippen LogP contribution in [0.1, 0.15) is 40.2 Å². The Kier molecular flexibility index (Phi) is 7.95. The molecule has 0 aliphatic carbocycles. The Balaban J connectivity index is 1.22. The summed E-state index contributed by atoms with van der Waals surface area (Å²) in [5, 5.41) is 0.324. The molecule has 2 aliphatic heterocycles. The minimum absolute atomic E-state index is 0.0337. The van der Waals surface area contributed by atoms with Crippen LogP contribution in [0.15, 0.2) is 66.7 Å². The Bertz CT molecular complexity index is 1700. The second-order valence-electron chi connectivity index (χ2n) is 10.3. The van der Waals surface area contributed by atoms with Crippen molar-refractivity contribution in [3.63, 3.8) is 0 Å².